The zero-order chi connectivity index (χ0) is 19.9. The Balaban J connectivity index is 1.63. The van der Waals surface area contributed by atoms with Crippen LogP contribution < -0.4 is 10.1 Å². The summed E-state index contributed by atoms with van der Waals surface area (Å²) in [5.41, 5.74) is 3.18. The van der Waals surface area contributed by atoms with Crippen LogP contribution in [0.3, 0.4) is 0 Å². The Morgan fingerprint density at radius 3 is 2.39 bits per heavy atom. The van der Waals surface area contributed by atoms with Crippen molar-refractivity contribution in [2.75, 3.05) is 34.3 Å². The maximum absolute atomic E-state index is 12.2. The van der Waals surface area contributed by atoms with Gasteiger partial charge in [-0.1, -0.05) is 17.3 Å². The van der Waals surface area contributed by atoms with Gasteiger partial charge in [-0.05, 0) is 63.5 Å². The summed E-state index contributed by atoms with van der Waals surface area (Å²) >= 11 is 0. The molecule has 1 heterocycles. The Labute approximate surface area is 165 Å². The van der Waals surface area contributed by atoms with Crippen molar-refractivity contribution in [3.63, 3.8) is 0 Å². The number of methoxy groups -OCH3 is 1. The van der Waals surface area contributed by atoms with Crippen molar-refractivity contribution in [2.45, 2.75) is 6.42 Å². The molecule has 0 aliphatic rings. The molecular formula is C22H25N3O3. The summed E-state index contributed by atoms with van der Waals surface area (Å²) < 4.78 is 10.6. The Bertz CT molecular complexity index is 900. The quantitative estimate of drug-likeness (QED) is 0.605. The zero-order valence-corrected chi connectivity index (χ0v) is 16.4. The maximum Gasteiger partial charge on any atom is 0.251 e. The first-order valence-corrected chi connectivity index (χ1v) is 9.21. The molecule has 0 bridgehead atoms. The molecule has 28 heavy (non-hydrogen) atoms. The molecule has 0 unspecified atom stereocenters. The summed E-state index contributed by atoms with van der Waals surface area (Å²) in [5.74, 6) is 1.41. The van der Waals surface area contributed by atoms with E-state index in [0.717, 1.165) is 35.5 Å². The van der Waals surface area contributed by atoms with Crippen LogP contribution in [0.4, 0.5) is 0 Å². The van der Waals surface area contributed by atoms with Gasteiger partial charge in [0.15, 0.2) is 5.76 Å². The van der Waals surface area contributed by atoms with Crippen LogP contribution in [0.5, 0.6) is 5.75 Å². The lowest BCUT2D eigenvalue weighted by Crippen LogP contribution is -2.27. The molecule has 6 nitrogen and oxygen atoms in total. The topological polar surface area (TPSA) is 67.6 Å². The van der Waals surface area contributed by atoms with Crippen LogP contribution in [-0.2, 0) is 0 Å². The number of carbonyl (C=O) groups is 1. The van der Waals surface area contributed by atoms with Gasteiger partial charge >= 0.3 is 0 Å². The highest BCUT2D eigenvalue weighted by atomic mass is 16.5. The van der Waals surface area contributed by atoms with E-state index in [0.29, 0.717) is 17.9 Å². The molecule has 3 aromatic rings. The van der Waals surface area contributed by atoms with E-state index in [-0.39, 0.29) is 5.91 Å². The van der Waals surface area contributed by atoms with E-state index in [1.165, 1.54) is 0 Å². The van der Waals surface area contributed by atoms with E-state index in [9.17, 15) is 4.79 Å². The number of nitrogens with one attached hydrogen (secondary N) is 1. The van der Waals surface area contributed by atoms with Crippen LogP contribution in [0.25, 0.3) is 22.6 Å². The highest BCUT2D eigenvalue weighted by Gasteiger charge is 2.10. The molecule has 146 valence electrons. The maximum atomic E-state index is 12.2. The molecule has 0 aliphatic heterocycles. The summed E-state index contributed by atoms with van der Waals surface area (Å²) in [6.07, 6.45) is 0.921. The van der Waals surface area contributed by atoms with Gasteiger partial charge < -0.3 is 19.5 Å². The number of rotatable bonds is 8. The molecule has 0 spiro atoms. The van der Waals surface area contributed by atoms with Crippen molar-refractivity contribution in [1.82, 2.24) is 15.4 Å². The van der Waals surface area contributed by atoms with Gasteiger partial charge in [0.1, 0.15) is 11.4 Å². The van der Waals surface area contributed by atoms with E-state index in [1.807, 2.05) is 56.6 Å². The Kier molecular flexibility index (Phi) is 6.45. The van der Waals surface area contributed by atoms with E-state index in [2.05, 4.69) is 15.4 Å². The van der Waals surface area contributed by atoms with Gasteiger partial charge in [0, 0.05) is 29.3 Å². The predicted octanol–water partition coefficient (Wildman–Crippen LogP) is 3.70. The average Bonchev–Trinajstić information content (AvgIpc) is 3.21. The van der Waals surface area contributed by atoms with Gasteiger partial charge in [0.2, 0.25) is 0 Å². The lowest BCUT2D eigenvalue weighted by molar-refractivity contribution is 0.0952. The van der Waals surface area contributed by atoms with E-state index in [1.54, 1.807) is 19.2 Å². The van der Waals surface area contributed by atoms with Gasteiger partial charge in [-0.3, -0.25) is 4.79 Å². The lowest BCUT2D eigenvalue weighted by Gasteiger charge is -2.10. The normalized spacial score (nSPS) is 10.9. The minimum Gasteiger partial charge on any atom is -0.497 e. The molecule has 0 aliphatic carbocycles. The third kappa shape index (κ3) is 4.98. The Morgan fingerprint density at radius 1 is 1.07 bits per heavy atom. The number of hydrogen-bond donors (Lipinski definition) is 1. The van der Waals surface area contributed by atoms with Gasteiger partial charge in [-0.2, -0.15) is 0 Å². The van der Waals surface area contributed by atoms with Crippen molar-refractivity contribution in [3.05, 3.63) is 60.2 Å². The number of aromatic nitrogens is 1. The summed E-state index contributed by atoms with van der Waals surface area (Å²) in [4.78, 5) is 14.3. The van der Waals surface area contributed by atoms with Gasteiger partial charge in [-0.25, -0.2) is 0 Å². The highest BCUT2D eigenvalue weighted by molar-refractivity contribution is 5.94. The SMILES string of the molecule is COc1ccc(-c2cc(-c3ccc(C(=O)NCCCN(C)C)cc3)no2)cc1. The summed E-state index contributed by atoms with van der Waals surface area (Å²) in [7, 11) is 5.67. The smallest absolute Gasteiger partial charge is 0.251 e. The van der Waals surface area contributed by atoms with E-state index < -0.39 is 0 Å². The fourth-order valence-corrected chi connectivity index (χ4v) is 2.79. The largest absolute Gasteiger partial charge is 0.497 e. The third-order valence-corrected chi connectivity index (χ3v) is 4.40. The number of benzene rings is 2. The fraction of sp³-hybridized carbons (Fsp3) is 0.273. The van der Waals surface area contributed by atoms with Crippen molar-refractivity contribution in [2.24, 2.45) is 0 Å². The van der Waals surface area contributed by atoms with Crippen LogP contribution >= 0.6 is 0 Å². The fourth-order valence-electron chi connectivity index (χ4n) is 2.79. The Morgan fingerprint density at radius 2 is 1.75 bits per heavy atom. The molecule has 1 amide bonds. The molecule has 1 aromatic heterocycles. The molecule has 1 N–H and O–H groups in total. The molecule has 2 aromatic carbocycles. The van der Waals surface area contributed by atoms with Crippen LogP contribution in [0.1, 0.15) is 16.8 Å². The minimum absolute atomic E-state index is 0.0654. The molecule has 0 saturated heterocycles. The van der Waals surface area contributed by atoms with Crippen molar-refractivity contribution >= 4 is 5.91 Å². The number of amides is 1. The van der Waals surface area contributed by atoms with Crippen LogP contribution in [-0.4, -0.2) is 50.3 Å². The van der Waals surface area contributed by atoms with Crippen LogP contribution in [0.2, 0.25) is 0 Å². The highest BCUT2D eigenvalue weighted by Crippen LogP contribution is 2.27. The predicted molar refractivity (Wildman–Crippen MR) is 109 cm³/mol. The molecule has 0 radical (unpaired) electrons. The standard InChI is InChI=1S/C22H25N3O3/c1-25(2)14-4-13-23-22(26)18-7-5-16(6-8-18)20-15-21(28-24-20)17-9-11-19(27-3)12-10-17/h5-12,15H,4,13-14H2,1-3H3,(H,23,26). The zero-order valence-electron chi connectivity index (χ0n) is 16.4. The third-order valence-electron chi connectivity index (χ3n) is 4.40. The Hall–Kier alpha value is -3.12. The van der Waals surface area contributed by atoms with Crippen molar-refractivity contribution < 1.29 is 14.1 Å². The first-order chi connectivity index (χ1) is 13.6. The molecule has 6 heteroatoms. The monoisotopic (exact) mass is 379 g/mol. The van der Waals surface area contributed by atoms with Gasteiger partial charge in [0.25, 0.3) is 5.91 Å². The number of ether oxygens (including phenoxy) is 1. The summed E-state index contributed by atoms with van der Waals surface area (Å²) in [6.45, 7) is 1.61. The first kappa shape index (κ1) is 19.6. The molecular weight excluding hydrogens is 354 g/mol. The minimum atomic E-state index is -0.0654. The number of hydrogen-bond acceptors (Lipinski definition) is 5. The summed E-state index contributed by atoms with van der Waals surface area (Å²) in [5, 5.41) is 7.08. The summed E-state index contributed by atoms with van der Waals surface area (Å²) in [6, 6.07) is 16.9. The first-order valence-electron chi connectivity index (χ1n) is 9.21. The van der Waals surface area contributed by atoms with E-state index >= 15 is 0 Å². The van der Waals surface area contributed by atoms with Crippen molar-refractivity contribution in [3.8, 4) is 28.3 Å². The number of nitrogens with zero attached hydrogens (tertiary/aromatic N) is 2. The molecule has 3 rings (SSSR count). The second-order valence-corrected chi connectivity index (χ2v) is 6.79. The van der Waals surface area contributed by atoms with Gasteiger partial charge in [-0.15, -0.1) is 0 Å². The second-order valence-electron chi connectivity index (χ2n) is 6.79. The van der Waals surface area contributed by atoms with Crippen LogP contribution in [0.15, 0.2) is 59.1 Å². The van der Waals surface area contributed by atoms with E-state index in [4.69, 9.17) is 9.26 Å². The van der Waals surface area contributed by atoms with Gasteiger partial charge in [0.05, 0.1) is 7.11 Å². The molecule has 0 fully saturated rings. The van der Waals surface area contributed by atoms with Crippen molar-refractivity contribution in [1.29, 1.82) is 0 Å². The molecule has 0 saturated carbocycles. The average molecular weight is 379 g/mol. The second kappa shape index (κ2) is 9.19. The van der Waals surface area contributed by atoms with Crippen LogP contribution in [0, 0.1) is 0 Å². The lowest BCUT2D eigenvalue weighted by atomic mass is 10.1. The number of carbonyl (C=O) groups excluding carboxylic acids is 1. The molecule has 0 atom stereocenters.